The van der Waals surface area contributed by atoms with Crippen molar-refractivity contribution in [3.8, 4) is 0 Å². The van der Waals surface area contributed by atoms with Crippen molar-refractivity contribution < 1.29 is 9.53 Å². The molecule has 0 saturated carbocycles. The molecule has 0 aliphatic rings. The first-order valence-corrected chi connectivity index (χ1v) is 5.08. The van der Waals surface area contributed by atoms with Crippen molar-refractivity contribution in [2.45, 2.75) is 19.8 Å². The lowest BCUT2D eigenvalue weighted by molar-refractivity contribution is 0.0501. The minimum atomic E-state index is -0.251. The largest absolute Gasteiger partial charge is 0.462 e. The number of ether oxygens (including phenoxy) is 1. The molecule has 80 valence electrons. The summed E-state index contributed by atoms with van der Waals surface area (Å²) in [5.41, 5.74) is 1.75. The summed E-state index contributed by atoms with van der Waals surface area (Å²) in [6.45, 7) is 6.05. The number of rotatable bonds is 5. The molecule has 0 aromatic heterocycles. The molecular weight excluding hydrogens is 188 g/mol. The average Bonchev–Trinajstić information content (AvgIpc) is 2.25. The van der Waals surface area contributed by atoms with Crippen LogP contribution in [-0.2, 0) is 4.74 Å². The number of allylic oxidation sites excluding steroid dienone is 1. The molecule has 0 bridgehead atoms. The van der Waals surface area contributed by atoms with E-state index in [2.05, 4.69) is 6.58 Å². The van der Waals surface area contributed by atoms with Gasteiger partial charge < -0.3 is 4.74 Å². The van der Waals surface area contributed by atoms with E-state index in [0.29, 0.717) is 12.2 Å². The fraction of sp³-hybridized carbons (Fsp3) is 0.308. The molecule has 2 heteroatoms. The van der Waals surface area contributed by atoms with Gasteiger partial charge in [-0.15, -0.1) is 6.58 Å². The summed E-state index contributed by atoms with van der Waals surface area (Å²) >= 11 is 0. The average molecular weight is 204 g/mol. The zero-order valence-corrected chi connectivity index (χ0v) is 9.03. The quantitative estimate of drug-likeness (QED) is 0.418. The SMILES string of the molecule is C=CCCCOC(=O)c1ccc(C)cc1. The summed E-state index contributed by atoms with van der Waals surface area (Å²) < 4.78 is 5.08. The molecular formula is C13H16O2. The Labute approximate surface area is 90.6 Å². The third kappa shape index (κ3) is 3.98. The van der Waals surface area contributed by atoms with Gasteiger partial charge in [0.25, 0.3) is 0 Å². The van der Waals surface area contributed by atoms with Gasteiger partial charge in [-0.25, -0.2) is 4.79 Å². The van der Waals surface area contributed by atoms with Crippen molar-refractivity contribution in [1.29, 1.82) is 0 Å². The number of unbranched alkanes of at least 4 members (excludes halogenated alkanes) is 1. The molecule has 0 saturated heterocycles. The van der Waals surface area contributed by atoms with E-state index in [4.69, 9.17) is 4.74 Å². The number of carbonyl (C=O) groups is 1. The summed E-state index contributed by atoms with van der Waals surface area (Å²) in [4.78, 5) is 11.5. The van der Waals surface area contributed by atoms with Crippen LogP contribution in [0.5, 0.6) is 0 Å². The zero-order chi connectivity index (χ0) is 11.1. The summed E-state index contributed by atoms with van der Waals surface area (Å²) in [7, 11) is 0. The van der Waals surface area contributed by atoms with Crippen LogP contribution < -0.4 is 0 Å². The molecule has 0 fully saturated rings. The van der Waals surface area contributed by atoms with Gasteiger partial charge in [0.2, 0.25) is 0 Å². The first-order valence-electron chi connectivity index (χ1n) is 5.08. The molecule has 0 atom stereocenters. The zero-order valence-electron chi connectivity index (χ0n) is 9.03. The van der Waals surface area contributed by atoms with Crippen LogP contribution in [0.15, 0.2) is 36.9 Å². The van der Waals surface area contributed by atoms with E-state index in [1.165, 1.54) is 0 Å². The fourth-order valence-corrected chi connectivity index (χ4v) is 1.17. The Morgan fingerprint density at radius 2 is 2.07 bits per heavy atom. The predicted octanol–water partition coefficient (Wildman–Crippen LogP) is 3.12. The number of aryl methyl sites for hydroxylation is 1. The second-order valence-electron chi connectivity index (χ2n) is 3.43. The molecule has 1 rings (SSSR count). The Morgan fingerprint density at radius 1 is 1.40 bits per heavy atom. The Bertz CT molecular complexity index is 325. The van der Waals surface area contributed by atoms with E-state index in [1.807, 2.05) is 25.1 Å². The molecule has 15 heavy (non-hydrogen) atoms. The molecule has 0 unspecified atom stereocenters. The van der Waals surface area contributed by atoms with Crippen molar-refractivity contribution >= 4 is 5.97 Å². The minimum absolute atomic E-state index is 0.251. The number of esters is 1. The van der Waals surface area contributed by atoms with Crippen molar-refractivity contribution in [2.24, 2.45) is 0 Å². The van der Waals surface area contributed by atoms with E-state index in [-0.39, 0.29) is 5.97 Å². The molecule has 2 nitrogen and oxygen atoms in total. The third-order valence-electron chi connectivity index (χ3n) is 2.07. The lowest BCUT2D eigenvalue weighted by atomic mass is 10.1. The van der Waals surface area contributed by atoms with Gasteiger partial charge in [-0.1, -0.05) is 23.8 Å². The molecule has 0 heterocycles. The Kier molecular flexibility index (Phi) is 4.61. The van der Waals surface area contributed by atoms with Crippen molar-refractivity contribution in [3.63, 3.8) is 0 Å². The molecule has 1 aromatic carbocycles. The van der Waals surface area contributed by atoms with Gasteiger partial charge in [0.05, 0.1) is 12.2 Å². The van der Waals surface area contributed by atoms with Crippen molar-refractivity contribution in [3.05, 3.63) is 48.0 Å². The monoisotopic (exact) mass is 204 g/mol. The van der Waals surface area contributed by atoms with Gasteiger partial charge >= 0.3 is 5.97 Å². The van der Waals surface area contributed by atoms with E-state index >= 15 is 0 Å². The van der Waals surface area contributed by atoms with Crippen molar-refractivity contribution in [2.75, 3.05) is 6.61 Å². The van der Waals surface area contributed by atoms with Crippen LogP contribution in [-0.4, -0.2) is 12.6 Å². The molecule has 0 spiro atoms. The predicted molar refractivity (Wildman–Crippen MR) is 60.9 cm³/mol. The summed E-state index contributed by atoms with van der Waals surface area (Å²) in [5, 5.41) is 0. The van der Waals surface area contributed by atoms with E-state index in [9.17, 15) is 4.79 Å². The Hall–Kier alpha value is -1.57. The molecule has 0 aliphatic heterocycles. The second kappa shape index (κ2) is 6.02. The smallest absolute Gasteiger partial charge is 0.338 e. The van der Waals surface area contributed by atoms with Gasteiger partial charge in [0.15, 0.2) is 0 Å². The Morgan fingerprint density at radius 3 is 2.67 bits per heavy atom. The highest BCUT2D eigenvalue weighted by Crippen LogP contribution is 2.05. The Balaban J connectivity index is 2.40. The molecule has 0 radical (unpaired) electrons. The maximum Gasteiger partial charge on any atom is 0.338 e. The van der Waals surface area contributed by atoms with Crippen LogP contribution in [0.4, 0.5) is 0 Å². The number of hydrogen-bond acceptors (Lipinski definition) is 2. The minimum Gasteiger partial charge on any atom is -0.462 e. The number of hydrogen-bond donors (Lipinski definition) is 0. The van der Waals surface area contributed by atoms with Gasteiger partial charge in [-0.2, -0.15) is 0 Å². The first-order chi connectivity index (χ1) is 7.24. The third-order valence-corrected chi connectivity index (χ3v) is 2.07. The van der Waals surface area contributed by atoms with E-state index < -0.39 is 0 Å². The van der Waals surface area contributed by atoms with Gasteiger partial charge in [-0.05, 0) is 31.9 Å². The van der Waals surface area contributed by atoms with E-state index in [1.54, 1.807) is 12.1 Å². The van der Waals surface area contributed by atoms with Gasteiger partial charge in [-0.3, -0.25) is 0 Å². The number of carbonyl (C=O) groups excluding carboxylic acids is 1. The van der Waals surface area contributed by atoms with Crippen LogP contribution in [0, 0.1) is 6.92 Å². The molecule has 0 amide bonds. The number of benzene rings is 1. The van der Waals surface area contributed by atoms with Crippen LogP contribution >= 0.6 is 0 Å². The van der Waals surface area contributed by atoms with E-state index in [0.717, 1.165) is 18.4 Å². The normalized spacial score (nSPS) is 9.67. The summed E-state index contributed by atoms with van der Waals surface area (Å²) in [6.07, 6.45) is 3.53. The lowest BCUT2D eigenvalue weighted by Gasteiger charge is -2.03. The van der Waals surface area contributed by atoms with Crippen LogP contribution in [0.25, 0.3) is 0 Å². The standard InChI is InChI=1S/C13H16O2/c1-3-4-5-10-15-13(14)12-8-6-11(2)7-9-12/h3,6-9H,1,4-5,10H2,2H3. The summed E-state index contributed by atoms with van der Waals surface area (Å²) in [5.74, 6) is -0.251. The highest BCUT2D eigenvalue weighted by atomic mass is 16.5. The maximum atomic E-state index is 11.5. The molecule has 0 aliphatic carbocycles. The van der Waals surface area contributed by atoms with Crippen LogP contribution in [0.2, 0.25) is 0 Å². The topological polar surface area (TPSA) is 26.3 Å². The summed E-state index contributed by atoms with van der Waals surface area (Å²) in [6, 6.07) is 7.37. The van der Waals surface area contributed by atoms with Gasteiger partial charge in [0.1, 0.15) is 0 Å². The molecule has 1 aromatic rings. The first kappa shape index (κ1) is 11.5. The fourth-order valence-electron chi connectivity index (χ4n) is 1.17. The second-order valence-corrected chi connectivity index (χ2v) is 3.43. The van der Waals surface area contributed by atoms with Crippen LogP contribution in [0.3, 0.4) is 0 Å². The maximum absolute atomic E-state index is 11.5. The van der Waals surface area contributed by atoms with Crippen molar-refractivity contribution in [1.82, 2.24) is 0 Å². The van der Waals surface area contributed by atoms with Gasteiger partial charge in [0, 0.05) is 0 Å². The highest BCUT2D eigenvalue weighted by molar-refractivity contribution is 5.89. The van der Waals surface area contributed by atoms with Crippen LogP contribution in [0.1, 0.15) is 28.8 Å². The molecule has 0 N–H and O–H groups in total. The highest BCUT2D eigenvalue weighted by Gasteiger charge is 2.05. The lowest BCUT2D eigenvalue weighted by Crippen LogP contribution is -2.06.